The third-order valence-electron chi connectivity index (χ3n) is 5.59. The van der Waals surface area contributed by atoms with Crippen molar-refractivity contribution in [2.45, 2.75) is 87.5 Å². The van der Waals surface area contributed by atoms with E-state index in [1.54, 1.807) is 25.1 Å². The van der Waals surface area contributed by atoms with Crippen LogP contribution in [0.5, 0.6) is 11.5 Å². The maximum atomic E-state index is 12.1. The van der Waals surface area contributed by atoms with Crippen LogP contribution >= 0.6 is 54.5 Å². The molecule has 0 fully saturated rings. The molecule has 0 aliphatic carbocycles. The van der Waals surface area contributed by atoms with Crippen molar-refractivity contribution in [2.24, 2.45) is 11.8 Å². The second-order valence-corrected chi connectivity index (χ2v) is 13.2. The van der Waals surface area contributed by atoms with Gasteiger partial charge < -0.3 is 19.3 Å². The van der Waals surface area contributed by atoms with Crippen molar-refractivity contribution in [3.05, 3.63) is 56.5 Å². The quantitative estimate of drug-likeness (QED) is 0.130. The smallest absolute Gasteiger partial charge is 0.313 e. The Morgan fingerprint density at radius 3 is 1.50 bits per heavy atom. The van der Waals surface area contributed by atoms with Crippen LogP contribution in [0.15, 0.2) is 45.3 Å². The summed E-state index contributed by atoms with van der Waals surface area (Å²) in [6.45, 7) is 17.5. The Labute approximate surface area is 285 Å². The fourth-order valence-corrected chi connectivity index (χ4v) is 4.82. The molecule has 0 spiro atoms. The first-order chi connectivity index (χ1) is 19.4. The lowest BCUT2D eigenvalue weighted by Gasteiger charge is -2.19. The molecular formula is C33H51Br2IO6. The number of carbonyl (C=O) groups excluding carboxylic acids is 2. The number of phenols is 1. The number of rotatable bonds is 12. The number of hydrogen-bond acceptors (Lipinski definition) is 6. The lowest BCUT2D eigenvalue weighted by Crippen LogP contribution is -2.18. The van der Waals surface area contributed by atoms with E-state index < -0.39 is 0 Å². The van der Waals surface area contributed by atoms with Crippen LogP contribution < -0.4 is 4.74 Å². The Kier molecular flexibility index (Phi) is 24.5. The summed E-state index contributed by atoms with van der Waals surface area (Å²) in [5.41, 5.74) is 1.83. The molecular weight excluding hydrogens is 779 g/mol. The van der Waals surface area contributed by atoms with Gasteiger partial charge in [-0.2, -0.15) is 0 Å². The third kappa shape index (κ3) is 16.5. The summed E-state index contributed by atoms with van der Waals surface area (Å²) in [6.07, 6.45) is 1.51. The van der Waals surface area contributed by atoms with Crippen molar-refractivity contribution in [3.63, 3.8) is 0 Å². The van der Waals surface area contributed by atoms with Gasteiger partial charge in [0.2, 0.25) is 0 Å². The topological polar surface area (TPSA) is 82.1 Å². The molecule has 240 valence electrons. The molecule has 0 bridgehead atoms. The third-order valence-corrected chi connectivity index (χ3v) is 6.84. The zero-order valence-electron chi connectivity index (χ0n) is 25.6. The van der Waals surface area contributed by atoms with E-state index in [4.69, 9.17) is 14.2 Å². The molecule has 0 aliphatic rings. The molecule has 2 rings (SSSR count). The molecule has 2 unspecified atom stereocenters. The summed E-state index contributed by atoms with van der Waals surface area (Å²) < 4.78 is 18.5. The van der Waals surface area contributed by atoms with Gasteiger partial charge in [0.1, 0.15) is 11.5 Å². The van der Waals surface area contributed by atoms with Crippen LogP contribution in [0.4, 0.5) is 0 Å². The number of phenolic OH excluding ortho intramolecular Hbond substituents is 1. The molecule has 1 N–H and O–H groups in total. The number of esters is 2. The Balaban J connectivity index is 0. The number of ether oxygens (including phenoxy) is 3. The number of carbonyl (C=O) groups is 2. The molecule has 2 atom stereocenters. The van der Waals surface area contributed by atoms with E-state index in [2.05, 4.69) is 89.1 Å². The number of benzene rings is 2. The van der Waals surface area contributed by atoms with Crippen LogP contribution in [0.2, 0.25) is 0 Å². The van der Waals surface area contributed by atoms with Crippen molar-refractivity contribution in [3.8, 4) is 11.5 Å². The minimum atomic E-state index is -0.276. The van der Waals surface area contributed by atoms with Crippen LogP contribution in [-0.2, 0) is 19.1 Å². The van der Waals surface area contributed by atoms with E-state index in [0.29, 0.717) is 36.1 Å². The van der Waals surface area contributed by atoms with Gasteiger partial charge in [0, 0.05) is 0 Å². The van der Waals surface area contributed by atoms with Gasteiger partial charge in [-0.1, -0.05) is 76.8 Å². The molecule has 2 aromatic carbocycles. The van der Waals surface area contributed by atoms with Crippen LogP contribution in [0.3, 0.4) is 0 Å². The summed E-state index contributed by atoms with van der Waals surface area (Å²) in [6, 6.07) is 10.9. The second-order valence-electron chi connectivity index (χ2n) is 9.97. The lowest BCUT2D eigenvalue weighted by atomic mass is 9.90. The van der Waals surface area contributed by atoms with Crippen molar-refractivity contribution < 1.29 is 28.9 Å². The highest BCUT2D eigenvalue weighted by molar-refractivity contribution is 14.1. The summed E-state index contributed by atoms with van der Waals surface area (Å²) in [5, 5.41) is 9.49. The fraction of sp³-hybridized carbons (Fsp3) is 0.576. The van der Waals surface area contributed by atoms with E-state index in [9.17, 15) is 14.7 Å². The van der Waals surface area contributed by atoms with Gasteiger partial charge in [0.15, 0.2) is 0 Å². The van der Waals surface area contributed by atoms with Crippen LogP contribution in [0.25, 0.3) is 0 Å². The highest BCUT2D eigenvalue weighted by Gasteiger charge is 2.25. The largest absolute Gasteiger partial charge is 0.507 e. The number of halogens is 3. The van der Waals surface area contributed by atoms with Crippen LogP contribution in [-0.4, -0.2) is 41.3 Å². The molecule has 0 heterocycles. The zero-order chi connectivity index (χ0) is 31.5. The average Bonchev–Trinajstić information content (AvgIpc) is 2.90. The molecule has 42 heavy (non-hydrogen) atoms. The van der Waals surface area contributed by atoms with Crippen molar-refractivity contribution in [2.75, 3.05) is 24.2 Å². The number of aromatic hydroxyl groups is 1. The molecule has 6 nitrogen and oxygen atoms in total. The van der Waals surface area contributed by atoms with E-state index in [-0.39, 0.29) is 37.0 Å². The second kappa shape index (κ2) is 24.0. The number of hydrogen-bond donors (Lipinski definition) is 1. The van der Waals surface area contributed by atoms with Gasteiger partial charge in [-0.15, -0.1) is 0 Å². The van der Waals surface area contributed by atoms with E-state index >= 15 is 0 Å². The Hall–Kier alpha value is -1.33. The Morgan fingerprint density at radius 1 is 0.762 bits per heavy atom. The summed E-state index contributed by atoms with van der Waals surface area (Å²) in [4.78, 5) is 24.1. The zero-order valence-corrected chi connectivity index (χ0v) is 31.0. The molecule has 0 aromatic heterocycles. The first kappa shape index (κ1) is 42.8. The molecule has 0 saturated heterocycles. The van der Waals surface area contributed by atoms with Gasteiger partial charge >= 0.3 is 11.9 Å². The van der Waals surface area contributed by atoms with Gasteiger partial charge in [-0.05, 0) is 117 Å². The van der Waals surface area contributed by atoms with Crippen LogP contribution in [0.1, 0.15) is 98.6 Å². The van der Waals surface area contributed by atoms with Gasteiger partial charge in [-0.3, -0.25) is 9.59 Å². The van der Waals surface area contributed by atoms with Gasteiger partial charge in [0.25, 0.3) is 0 Å². The Bertz CT molecular complexity index is 1050. The first-order valence-corrected chi connectivity index (χ1v) is 17.3. The molecule has 0 amide bonds. The van der Waals surface area contributed by atoms with Gasteiger partial charge in [-0.25, -0.2) is 0 Å². The highest BCUT2D eigenvalue weighted by Crippen LogP contribution is 2.33. The van der Waals surface area contributed by atoms with Crippen molar-refractivity contribution in [1.82, 2.24) is 0 Å². The van der Waals surface area contributed by atoms with Crippen molar-refractivity contribution >= 4 is 66.4 Å². The summed E-state index contributed by atoms with van der Waals surface area (Å²) in [5.74, 6) is 0.931. The van der Waals surface area contributed by atoms with E-state index in [1.165, 1.54) is 4.43 Å². The SMILES string of the molecule is C.CCI.CCOC(=O)C(CC(C)C)c1ccc(O)c(Br)c1.CCOC(=O)C(CC(C)C)c1ccc(OCC)c(Br)c1. The lowest BCUT2D eigenvalue weighted by molar-refractivity contribution is -0.146. The summed E-state index contributed by atoms with van der Waals surface area (Å²) in [7, 11) is 0. The highest BCUT2D eigenvalue weighted by atomic mass is 127. The standard InChI is InChI=1S/C16H23BrO3.C14H19BrO3.C2H5I.CH4/c1-5-19-15-8-7-12(10-14(15)17)13(9-11(3)4)16(18)20-6-2;1-4-18-14(17)11(7-9(2)3)10-5-6-13(16)12(15)8-10;1-2-3;/h7-8,10-11,13H,5-6,9H2,1-4H3;5-6,8-9,11,16H,4,7H2,1-3H3;2H2,1H3;1H4. The maximum Gasteiger partial charge on any atom is 0.313 e. The average molecular weight is 830 g/mol. The molecule has 9 heteroatoms. The monoisotopic (exact) mass is 828 g/mol. The summed E-state index contributed by atoms with van der Waals surface area (Å²) >= 11 is 9.05. The predicted octanol–water partition coefficient (Wildman–Crippen LogP) is 10.5. The minimum absolute atomic E-state index is 0. The molecule has 0 aliphatic heterocycles. The van der Waals surface area contributed by atoms with Gasteiger partial charge in [0.05, 0.1) is 40.6 Å². The molecule has 0 radical (unpaired) electrons. The Morgan fingerprint density at radius 2 is 1.17 bits per heavy atom. The minimum Gasteiger partial charge on any atom is -0.507 e. The maximum absolute atomic E-state index is 12.1. The number of alkyl halides is 1. The first-order valence-electron chi connectivity index (χ1n) is 14.2. The fourth-order valence-electron chi connectivity index (χ4n) is 3.91. The molecule has 2 aromatic rings. The van der Waals surface area contributed by atoms with Crippen LogP contribution in [0, 0.1) is 11.8 Å². The van der Waals surface area contributed by atoms with E-state index in [0.717, 1.165) is 34.2 Å². The normalized spacial score (nSPS) is 11.6. The molecule has 0 saturated carbocycles. The van der Waals surface area contributed by atoms with E-state index in [1.807, 2.05) is 32.0 Å². The predicted molar refractivity (Wildman–Crippen MR) is 190 cm³/mol. The van der Waals surface area contributed by atoms with Crippen molar-refractivity contribution in [1.29, 1.82) is 0 Å².